The second-order valence-electron chi connectivity index (χ2n) is 11.2. The van der Waals surface area contributed by atoms with Gasteiger partial charge in [-0.1, -0.05) is 90.2 Å². The minimum absolute atomic E-state index is 0.519. The highest BCUT2D eigenvalue weighted by Crippen LogP contribution is 2.34. The van der Waals surface area contributed by atoms with Gasteiger partial charge in [-0.2, -0.15) is 0 Å². The van der Waals surface area contributed by atoms with E-state index in [-0.39, 0.29) is 0 Å². The fourth-order valence-electron chi connectivity index (χ4n) is 5.46. The number of aryl methyl sites for hydroxylation is 2. The zero-order valence-corrected chi connectivity index (χ0v) is 23.4. The molecule has 3 rings (SSSR count). The predicted octanol–water partition coefficient (Wildman–Crippen LogP) is 9.64. The van der Waals surface area contributed by atoms with Gasteiger partial charge < -0.3 is 4.74 Å². The molecule has 1 heterocycles. The Morgan fingerprint density at radius 2 is 1.19 bits per heavy atom. The Morgan fingerprint density at radius 1 is 0.639 bits per heavy atom. The lowest BCUT2D eigenvalue weighted by Gasteiger charge is -2.27. The highest BCUT2D eigenvalue weighted by Gasteiger charge is 2.24. The first-order valence-electron chi connectivity index (χ1n) is 15.3. The molecule has 0 unspecified atom stereocenters. The summed E-state index contributed by atoms with van der Waals surface area (Å²) in [6.07, 6.45) is 27.6. The fraction of sp³-hybridized carbons (Fsp3) is 0.697. The van der Waals surface area contributed by atoms with Crippen molar-refractivity contribution in [3.63, 3.8) is 0 Å². The second kappa shape index (κ2) is 17.5. The maximum atomic E-state index is 6.12. The van der Waals surface area contributed by atoms with Crippen LogP contribution in [0.3, 0.4) is 0 Å². The largest absolute Gasteiger partial charge is 0.493 e. The molecule has 0 N–H and O–H groups in total. The van der Waals surface area contributed by atoms with Crippen molar-refractivity contribution in [1.29, 1.82) is 0 Å². The first-order valence-corrected chi connectivity index (χ1v) is 15.3. The van der Waals surface area contributed by atoms with Crippen molar-refractivity contribution in [2.45, 2.75) is 135 Å². The number of hydrogen-bond acceptors (Lipinski definition) is 3. The zero-order valence-electron chi connectivity index (χ0n) is 23.4. The Bertz CT molecular complexity index is 793. The summed E-state index contributed by atoms with van der Waals surface area (Å²) in [4.78, 5) is 9.54. The van der Waals surface area contributed by atoms with E-state index in [0.29, 0.717) is 11.8 Å². The summed E-state index contributed by atoms with van der Waals surface area (Å²) in [7, 11) is 0. The van der Waals surface area contributed by atoms with Crippen molar-refractivity contribution >= 4 is 0 Å². The van der Waals surface area contributed by atoms with Gasteiger partial charge in [0.15, 0.2) is 0 Å². The van der Waals surface area contributed by atoms with Gasteiger partial charge >= 0.3 is 0 Å². The van der Waals surface area contributed by atoms with Crippen molar-refractivity contribution in [3.05, 3.63) is 53.6 Å². The Kier molecular flexibility index (Phi) is 14.0. The third-order valence-corrected chi connectivity index (χ3v) is 7.98. The van der Waals surface area contributed by atoms with E-state index in [2.05, 4.69) is 50.5 Å². The minimum atomic E-state index is 0.519. The molecular weight excluding hydrogens is 440 g/mol. The molecule has 2 aromatic rings. The lowest BCUT2D eigenvalue weighted by atomic mass is 9.82. The molecule has 1 aromatic heterocycles. The van der Waals surface area contributed by atoms with Crippen LogP contribution in [0.5, 0.6) is 5.75 Å². The van der Waals surface area contributed by atoms with Gasteiger partial charge in [-0.3, -0.25) is 0 Å². The molecule has 1 aromatic carbocycles. The third-order valence-electron chi connectivity index (χ3n) is 7.98. The molecule has 200 valence electrons. The number of rotatable bonds is 18. The molecule has 3 heteroatoms. The van der Waals surface area contributed by atoms with E-state index in [1.54, 1.807) is 0 Å². The van der Waals surface area contributed by atoms with Gasteiger partial charge in [0.05, 0.1) is 6.61 Å². The van der Waals surface area contributed by atoms with Crippen LogP contribution in [0.15, 0.2) is 36.7 Å². The summed E-state index contributed by atoms with van der Waals surface area (Å²) < 4.78 is 6.12. The summed E-state index contributed by atoms with van der Waals surface area (Å²) in [5, 5.41) is 0. The minimum Gasteiger partial charge on any atom is -0.493 e. The van der Waals surface area contributed by atoms with E-state index in [0.717, 1.165) is 24.6 Å². The number of aromatic nitrogens is 2. The molecule has 0 amide bonds. The number of ether oxygens (including phenoxy) is 1. The molecule has 3 nitrogen and oxygen atoms in total. The van der Waals surface area contributed by atoms with Crippen LogP contribution in [0.1, 0.15) is 139 Å². The van der Waals surface area contributed by atoms with Gasteiger partial charge in [0, 0.05) is 18.3 Å². The standard InChI is InChI=1S/C33H52N2O/c1-3-5-7-8-9-10-11-12-13-14-16-30-25-34-33(35-26-30)31-21-17-29(18-22-31)27-36-32-23-19-28(20-24-32)15-6-4-2/h19-20,23-26,29,31H,3-18,21-22,27H2,1-2H3/t29-,31-. The topological polar surface area (TPSA) is 35.0 Å². The first-order chi connectivity index (χ1) is 17.8. The molecule has 0 bridgehead atoms. The third kappa shape index (κ3) is 11.0. The maximum absolute atomic E-state index is 6.12. The predicted molar refractivity (Wildman–Crippen MR) is 153 cm³/mol. The zero-order chi connectivity index (χ0) is 25.3. The normalized spacial score (nSPS) is 17.8. The summed E-state index contributed by atoms with van der Waals surface area (Å²) >= 11 is 0. The smallest absolute Gasteiger partial charge is 0.131 e. The Labute approximate surface area is 221 Å². The molecule has 1 aliphatic rings. The quantitative estimate of drug-likeness (QED) is 0.194. The molecule has 36 heavy (non-hydrogen) atoms. The van der Waals surface area contributed by atoms with Crippen LogP contribution in [-0.2, 0) is 12.8 Å². The monoisotopic (exact) mass is 492 g/mol. The van der Waals surface area contributed by atoms with E-state index < -0.39 is 0 Å². The highest BCUT2D eigenvalue weighted by molar-refractivity contribution is 5.27. The molecule has 0 aliphatic heterocycles. The van der Waals surface area contributed by atoms with E-state index in [9.17, 15) is 0 Å². The van der Waals surface area contributed by atoms with Crippen LogP contribution < -0.4 is 4.74 Å². The highest BCUT2D eigenvalue weighted by atomic mass is 16.5. The fourth-order valence-corrected chi connectivity index (χ4v) is 5.46. The lowest BCUT2D eigenvalue weighted by Crippen LogP contribution is -2.20. The van der Waals surface area contributed by atoms with Crippen LogP contribution in [0.25, 0.3) is 0 Å². The first kappa shape index (κ1) is 28.7. The number of unbranched alkanes of at least 4 members (excludes halogenated alkanes) is 10. The SMILES string of the molecule is CCCCCCCCCCCCc1cnc([C@H]2CC[C@H](COc3ccc(CCCC)cc3)CC2)nc1. The van der Waals surface area contributed by atoms with Crippen molar-refractivity contribution in [2.75, 3.05) is 6.61 Å². The van der Waals surface area contributed by atoms with Crippen LogP contribution in [0.4, 0.5) is 0 Å². The van der Waals surface area contributed by atoms with Crippen LogP contribution in [0, 0.1) is 5.92 Å². The van der Waals surface area contributed by atoms with Gasteiger partial charge in [0.2, 0.25) is 0 Å². The number of benzene rings is 1. The lowest BCUT2D eigenvalue weighted by molar-refractivity contribution is 0.198. The molecule has 1 saturated carbocycles. The molecule has 1 aliphatic carbocycles. The van der Waals surface area contributed by atoms with E-state index >= 15 is 0 Å². The van der Waals surface area contributed by atoms with Gasteiger partial charge in [-0.25, -0.2) is 9.97 Å². The molecule has 0 atom stereocenters. The van der Waals surface area contributed by atoms with E-state index in [1.807, 2.05) is 0 Å². The summed E-state index contributed by atoms with van der Waals surface area (Å²) in [5.41, 5.74) is 2.72. The van der Waals surface area contributed by atoms with Crippen LogP contribution in [-0.4, -0.2) is 16.6 Å². The van der Waals surface area contributed by atoms with Crippen LogP contribution >= 0.6 is 0 Å². The number of hydrogen-bond donors (Lipinski definition) is 0. The second-order valence-corrected chi connectivity index (χ2v) is 11.2. The molecular formula is C33H52N2O. The average Bonchev–Trinajstić information content (AvgIpc) is 2.93. The molecule has 0 spiro atoms. The van der Waals surface area contributed by atoms with Crippen LogP contribution in [0.2, 0.25) is 0 Å². The molecule has 0 radical (unpaired) electrons. The van der Waals surface area contributed by atoms with E-state index in [4.69, 9.17) is 14.7 Å². The van der Waals surface area contributed by atoms with Crippen molar-refractivity contribution in [1.82, 2.24) is 9.97 Å². The molecule has 0 saturated heterocycles. The van der Waals surface area contributed by atoms with Gasteiger partial charge in [-0.05, 0) is 80.5 Å². The summed E-state index contributed by atoms with van der Waals surface area (Å²) in [5.74, 6) is 3.24. The van der Waals surface area contributed by atoms with Gasteiger partial charge in [0.1, 0.15) is 11.6 Å². The van der Waals surface area contributed by atoms with Crippen molar-refractivity contribution < 1.29 is 4.74 Å². The average molecular weight is 493 g/mol. The number of nitrogens with zero attached hydrogens (tertiary/aromatic N) is 2. The summed E-state index contributed by atoms with van der Waals surface area (Å²) in [6, 6.07) is 8.72. The Hall–Kier alpha value is -1.90. The van der Waals surface area contributed by atoms with Crippen molar-refractivity contribution in [2.24, 2.45) is 5.92 Å². The maximum Gasteiger partial charge on any atom is 0.131 e. The van der Waals surface area contributed by atoms with E-state index in [1.165, 1.54) is 120 Å². The van der Waals surface area contributed by atoms with Crippen molar-refractivity contribution in [3.8, 4) is 5.75 Å². The van der Waals surface area contributed by atoms with Gasteiger partial charge in [0.25, 0.3) is 0 Å². The molecule has 1 fully saturated rings. The Morgan fingerprint density at radius 3 is 1.81 bits per heavy atom. The summed E-state index contributed by atoms with van der Waals surface area (Å²) in [6.45, 7) is 5.36. The Balaban J connectivity index is 1.25. The van der Waals surface area contributed by atoms with Gasteiger partial charge in [-0.15, -0.1) is 0 Å².